The Morgan fingerprint density at radius 2 is 2.07 bits per heavy atom. The van der Waals surface area contributed by atoms with Crippen molar-refractivity contribution in [1.29, 1.82) is 0 Å². The van der Waals surface area contributed by atoms with Crippen LogP contribution in [0.4, 0.5) is 0 Å². The van der Waals surface area contributed by atoms with E-state index in [0.717, 1.165) is 17.4 Å². The van der Waals surface area contributed by atoms with Gasteiger partial charge in [-0.15, -0.1) is 6.58 Å². The summed E-state index contributed by atoms with van der Waals surface area (Å²) in [5.41, 5.74) is 6.05. The van der Waals surface area contributed by atoms with Crippen molar-refractivity contribution in [3.8, 4) is 0 Å². The summed E-state index contributed by atoms with van der Waals surface area (Å²) in [5.74, 6) is 1.12. The summed E-state index contributed by atoms with van der Waals surface area (Å²) in [6, 6.07) is 0.396. The van der Waals surface area contributed by atoms with Crippen LogP contribution in [-0.2, 0) is 0 Å². The third-order valence-corrected chi connectivity index (χ3v) is 4.18. The molecule has 0 aromatic rings. The lowest BCUT2D eigenvalue weighted by molar-refractivity contribution is 0.586. The van der Waals surface area contributed by atoms with Crippen molar-refractivity contribution in [2.24, 2.45) is 5.73 Å². The van der Waals surface area contributed by atoms with Crippen LogP contribution in [0.3, 0.4) is 0 Å². The number of unbranched alkanes of at least 4 members (excludes halogenated alkanes) is 3. The van der Waals surface area contributed by atoms with E-state index < -0.39 is 0 Å². The highest BCUT2D eigenvalue weighted by atomic mass is 32.2. The molecule has 0 saturated heterocycles. The first-order valence-electron chi connectivity index (χ1n) is 6.18. The number of rotatable bonds is 10. The molecule has 0 radical (unpaired) electrons. The van der Waals surface area contributed by atoms with E-state index in [1.54, 1.807) is 0 Å². The quantitative estimate of drug-likeness (QED) is 0.453. The zero-order chi connectivity index (χ0) is 11.5. The minimum atomic E-state index is 0.396. The fourth-order valence-electron chi connectivity index (χ4n) is 1.36. The summed E-state index contributed by atoms with van der Waals surface area (Å²) < 4.78 is 0. The maximum Gasteiger partial charge on any atom is 0.0130 e. The number of thioether (sulfide) groups is 1. The highest BCUT2D eigenvalue weighted by Gasteiger charge is 2.05. The van der Waals surface area contributed by atoms with Gasteiger partial charge in [-0.1, -0.05) is 32.8 Å². The van der Waals surface area contributed by atoms with Gasteiger partial charge >= 0.3 is 0 Å². The van der Waals surface area contributed by atoms with Crippen LogP contribution in [0.15, 0.2) is 12.7 Å². The summed E-state index contributed by atoms with van der Waals surface area (Å²) in [7, 11) is 0. The maximum atomic E-state index is 6.05. The Balaban J connectivity index is 3.25. The summed E-state index contributed by atoms with van der Waals surface area (Å²) in [6.07, 6.45) is 9.42. The van der Waals surface area contributed by atoms with Crippen molar-refractivity contribution < 1.29 is 0 Å². The van der Waals surface area contributed by atoms with Crippen molar-refractivity contribution in [2.45, 2.75) is 63.7 Å². The van der Waals surface area contributed by atoms with Gasteiger partial charge in [-0.25, -0.2) is 0 Å². The van der Waals surface area contributed by atoms with Gasteiger partial charge in [0.15, 0.2) is 0 Å². The second kappa shape index (κ2) is 10.6. The zero-order valence-corrected chi connectivity index (χ0v) is 11.2. The fraction of sp³-hybridized carbons (Fsp3) is 0.846. The first kappa shape index (κ1) is 15.0. The van der Waals surface area contributed by atoms with E-state index in [1.807, 2.05) is 17.8 Å². The standard InChI is InChI=1S/C13H27NS/c1-4-6-7-8-9-10-13(14)11-15-12(3)5-2/h4,12-13H,1,5-11,14H2,2-3H3. The van der Waals surface area contributed by atoms with Crippen LogP contribution in [-0.4, -0.2) is 17.0 Å². The van der Waals surface area contributed by atoms with Gasteiger partial charge in [0.1, 0.15) is 0 Å². The molecule has 1 nitrogen and oxygen atoms in total. The number of nitrogens with two attached hydrogens (primary N) is 1. The van der Waals surface area contributed by atoms with Crippen LogP contribution < -0.4 is 5.73 Å². The minimum absolute atomic E-state index is 0.396. The van der Waals surface area contributed by atoms with Gasteiger partial charge in [0, 0.05) is 17.0 Å². The van der Waals surface area contributed by atoms with Gasteiger partial charge in [0.25, 0.3) is 0 Å². The molecule has 0 bridgehead atoms. The average Bonchev–Trinajstić information content (AvgIpc) is 2.25. The largest absolute Gasteiger partial charge is 0.327 e. The summed E-state index contributed by atoms with van der Waals surface area (Å²) in [6.45, 7) is 8.24. The Kier molecular flexibility index (Phi) is 10.6. The predicted octanol–water partition coefficient (Wildman–Crippen LogP) is 3.98. The van der Waals surface area contributed by atoms with Crippen molar-refractivity contribution in [3.63, 3.8) is 0 Å². The van der Waals surface area contributed by atoms with Crippen molar-refractivity contribution in [3.05, 3.63) is 12.7 Å². The summed E-state index contributed by atoms with van der Waals surface area (Å²) in [4.78, 5) is 0. The minimum Gasteiger partial charge on any atom is -0.327 e. The molecule has 0 heterocycles. The fourth-order valence-corrected chi connectivity index (χ4v) is 2.34. The smallest absolute Gasteiger partial charge is 0.0130 e. The molecule has 0 aliphatic heterocycles. The SMILES string of the molecule is C=CCCCCCC(N)CSC(C)CC. The van der Waals surface area contributed by atoms with Crippen LogP contribution in [0.5, 0.6) is 0 Å². The number of hydrogen-bond acceptors (Lipinski definition) is 2. The summed E-state index contributed by atoms with van der Waals surface area (Å²) >= 11 is 2.01. The van der Waals surface area contributed by atoms with Crippen LogP contribution in [0, 0.1) is 0 Å². The van der Waals surface area contributed by atoms with Crippen molar-refractivity contribution in [2.75, 3.05) is 5.75 Å². The van der Waals surface area contributed by atoms with E-state index >= 15 is 0 Å². The lowest BCUT2D eigenvalue weighted by Gasteiger charge is -2.13. The molecular weight excluding hydrogens is 202 g/mol. The Hall–Kier alpha value is 0.0500. The first-order chi connectivity index (χ1) is 7.20. The van der Waals surface area contributed by atoms with Crippen LogP contribution in [0.25, 0.3) is 0 Å². The van der Waals surface area contributed by atoms with Gasteiger partial charge in [-0.05, 0) is 25.7 Å². The van der Waals surface area contributed by atoms with Crippen LogP contribution in [0.2, 0.25) is 0 Å². The normalized spacial score (nSPS) is 14.9. The van der Waals surface area contributed by atoms with Crippen molar-refractivity contribution >= 4 is 11.8 Å². The summed E-state index contributed by atoms with van der Waals surface area (Å²) in [5, 5.41) is 0.761. The molecule has 0 rings (SSSR count). The number of hydrogen-bond donors (Lipinski definition) is 1. The molecule has 0 spiro atoms. The average molecular weight is 229 g/mol. The monoisotopic (exact) mass is 229 g/mol. The van der Waals surface area contributed by atoms with E-state index in [4.69, 9.17) is 5.73 Å². The highest BCUT2D eigenvalue weighted by Crippen LogP contribution is 2.16. The Morgan fingerprint density at radius 1 is 1.33 bits per heavy atom. The molecule has 2 N–H and O–H groups in total. The van der Waals surface area contributed by atoms with Crippen LogP contribution >= 0.6 is 11.8 Å². The molecule has 2 heteroatoms. The molecule has 0 fully saturated rings. The second-order valence-electron chi connectivity index (χ2n) is 4.24. The Bertz CT molecular complexity index is 147. The van der Waals surface area contributed by atoms with E-state index in [0.29, 0.717) is 6.04 Å². The second-order valence-corrected chi connectivity index (χ2v) is 5.71. The third kappa shape index (κ3) is 10.3. The Morgan fingerprint density at radius 3 is 2.67 bits per heavy atom. The first-order valence-corrected chi connectivity index (χ1v) is 7.23. The lowest BCUT2D eigenvalue weighted by Crippen LogP contribution is -2.23. The van der Waals surface area contributed by atoms with Crippen LogP contribution in [0.1, 0.15) is 52.4 Å². The molecule has 2 unspecified atom stereocenters. The molecule has 90 valence electrons. The van der Waals surface area contributed by atoms with Gasteiger partial charge < -0.3 is 5.73 Å². The molecule has 0 amide bonds. The third-order valence-electron chi connectivity index (χ3n) is 2.65. The van der Waals surface area contributed by atoms with Gasteiger partial charge in [-0.3, -0.25) is 0 Å². The predicted molar refractivity (Wildman–Crippen MR) is 73.5 cm³/mol. The molecule has 0 aromatic carbocycles. The molecule has 0 aromatic heterocycles. The number of allylic oxidation sites excluding steroid dienone is 1. The van der Waals surface area contributed by atoms with Crippen molar-refractivity contribution in [1.82, 2.24) is 0 Å². The van der Waals surface area contributed by atoms with Gasteiger partial charge in [0.2, 0.25) is 0 Å². The molecule has 0 saturated carbocycles. The highest BCUT2D eigenvalue weighted by molar-refractivity contribution is 7.99. The Labute approximate surface area is 99.9 Å². The molecule has 2 atom stereocenters. The van der Waals surface area contributed by atoms with E-state index in [9.17, 15) is 0 Å². The molecular formula is C13H27NS. The molecule has 15 heavy (non-hydrogen) atoms. The molecule has 0 aliphatic carbocycles. The lowest BCUT2D eigenvalue weighted by atomic mass is 10.1. The molecule has 0 aliphatic rings. The van der Waals surface area contributed by atoms with E-state index in [2.05, 4.69) is 20.4 Å². The zero-order valence-electron chi connectivity index (χ0n) is 10.4. The topological polar surface area (TPSA) is 26.0 Å². The van der Waals surface area contributed by atoms with E-state index in [1.165, 1.54) is 32.1 Å². The van der Waals surface area contributed by atoms with E-state index in [-0.39, 0.29) is 0 Å². The van der Waals surface area contributed by atoms with Gasteiger partial charge in [-0.2, -0.15) is 11.8 Å². The maximum absolute atomic E-state index is 6.05. The van der Waals surface area contributed by atoms with Gasteiger partial charge in [0.05, 0.1) is 0 Å².